The van der Waals surface area contributed by atoms with Gasteiger partial charge in [0.25, 0.3) is 0 Å². The molecule has 0 aromatic heterocycles. The lowest BCUT2D eigenvalue weighted by Gasteiger charge is -2.31. The number of hydrogen-bond donors (Lipinski definition) is 6. The number of aliphatic hydroxyl groups is 2. The molecule has 4 aromatic rings. The van der Waals surface area contributed by atoms with Crippen molar-refractivity contribution in [3.8, 4) is 23.0 Å². The molecule has 4 aromatic carbocycles. The Labute approximate surface area is 243 Å². The smallest absolute Gasteiger partial charge is 0.336 e. The van der Waals surface area contributed by atoms with Crippen molar-refractivity contribution < 1.29 is 59.3 Å². The number of benzene rings is 4. The van der Waals surface area contributed by atoms with Crippen LogP contribution in [0.15, 0.2) is 84.9 Å². The Balaban J connectivity index is 1.56. The fourth-order valence-electron chi connectivity index (χ4n) is 4.44. The zero-order valence-electron chi connectivity index (χ0n) is 22.1. The van der Waals surface area contributed by atoms with Crippen molar-refractivity contribution in [1.29, 1.82) is 0 Å². The summed E-state index contributed by atoms with van der Waals surface area (Å²) in [5.74, 6) is -4.88. The first-order valence-corrected chi connectivity index (χ1v) is 12.5. The molecule has 0 spiro atoms. The van der Waals surface area contributed by atoms with Crippen molar-refractivity contribution in [1.82, 2.24) is 0 Å². The number of aliphatic hydroxyl groups excluding tert-OH is 2. The first-order chi connectivity index (χ1) is 20.5. The van der Waals surface area contributed by atoms with Gasteiger partial charge in [-0.2, -0.15) is 0 Å². The van der Waals surface area contributed by atoms with Crippen molar-refractivity contribution >= 4 is 23.9 Å². The predicted molar refractivity (Wildman–Crippen MR) is 149 cm³/mol. The summed E-state index contributed by atoms with van der Waals surface area (Å²) in [7, 11) is 0. The second kappa shape index (κ2) is 12.4. The SMILES string of the molecule is O=C(O)c1ccc(Oc2ccc(C(CO)(CO)c3ccc(Oc4ccc(C(=O)O)c(C(=O)O)c4)cc3)cc2)cc1C(=O)O. The van der Waals surface area contributed by atoms with E-state index < -0.39 is 53.6 Å². The van der Waals surface area contributed by atoms with E-state index in [-0.39, 0.29) is 34.1 Å². The first-order valence-electron chi connectivity index (χ1n) is 12.5. The number of carboxylic acids is 4. The minimum Gasteiger partial charge on any atom is -0.478 e. The van der Waals surface area contributed by atoms with E-state index in [1.807, 2.05) is 0 Å². The van der Waals surface area contributed by atoms with Crippen molar-refractivity contribution in [2.45, 2.75) is 5.41 Å². The molecule has 0 radical (unpaired) electrons. The number of carboxylic acid groups (broad SMARTS) is 4. The van der Waals surface area contributed by atoms with Crippen LogP contribution in [0.1, 0.15) is 52.6 Å². The van der Waals surface area contributed by atoms with E-state index in [0.29, 0.717) is 11.1 Å². The molecule has 43 heavy (non-hydrogen) atoms. The zero-order valence-corrected chi connectivity index (χ0v) is 22.1. The van der Waals surface area contributed by atoms with Crippen LogP contribution < -0.4 is 9.47 Å². The summed E-state index contributed by atoms with van der Waals surface area (Å²) in [6.45, 7) is -0.970. The fraction of sp³-hybridized carbons (Fsp3) is 0.0968. The number of hydrogen-bond acceptors (Lipinski definition) is 8. The maximum absolute atomic E-state index is 11.5. The van der Waals surface area contributed by atoms with Crippen LogP contribution in [0.5, 0.6) is 23.0 Å². The van der Waals surface area contributed by atoms with Crippen LogP contribution >= 0.6 is 0 Å². The Morgan fingerprint density at radius 2 is 0.767 bits per heavy atom. The highest BCUT2D eigenvalue weighted by molar-refractivity contribution is 6.02. The molecule has 4 rings (SSSR count). The van der Waals surface area contributed by atoms with Crippen molar-refractivity contribution in [3.05, 3.63) is 118 Å². The first kappa shape index (κ1) is 30.2. The average Bonchev–Trinajstić information content (AvgIpc) is 2.99. The lowest BCUT2D eigenvalue weighted by Crippen LogP contribution is -2.36. The largest absolute Gasteiger partial charge is 0.478 e. The molecule has 0 atom stereocenters. The number of rotatable bonds is 12. The second-order valence-corrected chi connectivity index (χ2v) is 9.29. The summed E-state index contributed by atoms with van der Waals surface area (Å²) in [4.78, 5) is 45.5. The zero-order chi connectivity index (χ0) is 31.3. The third-order valence-electron chi connectivity index (χ3n) is 6.73. The maximum atomic E-state index is 11.5. The molecule has 0 heterocycles. The van der Waals surface area contributed by atoms with Crippen molar-refractivity contribution in [3.63, 3.8) is 0 Å². The lowest BCUT2D eigenvalue weighted by molar-refractivity contribution is 0.0651. The van der Waals surface area contributed by atoms with Gasteiger partial charge in [-0.25, -0.2) is 19.2 Å². The Morgan fingerprint density at radius 1 is 0.465 bits per heavy atom. The monoisotopic (exact) mass is 588 g/mol. The van der Waals surface area contributed by atoms with Gasteiger partial charge in [0.05, 0.1) is 40.9 Å². The van der Waals surface area contributed by atoms with Gasteiger partial charge in [-0.05, 0) is 71.8 Å². The summed E-state index contributed by atoms with van der Waals surface area (Å²) < 4.78 is 11.4. The Bertz CT molecular complexity index is 1560. The van der Waals surface area contributed by atoms with Crippen LogP contribution in [0.2, 0.25) is 0 Å². The highest BCUT2D eigenvalue weighted by Crippen LogP contribution is 2.35. The van der Waals surface area contributed by atoms with E-state index in [4.69, 9.17) is 9.47 Å². The van der Waals surface area contributed by atoms with Crippen LogP contribution in [-0.2, 0) is 5.41 Å². The molecule has 0 fully saturated rings. The van der Waals surface area contributed by atoms with Gasteiger partial charge in [0.15, 0.2) is 0 Å². The molecule has 12 heteroatoms. The van der Waals surface area contributed by atoms with Crippen LogP contribution in [0.4, 0.5) is 0 Å². The molecule has 0 aliphatic rings. The minimum absolute atomic E-state index is 0.0920. The number of ether oxygens (including phenoxy) is 2. The summed E-state index contributed by atoms with van der Waals surface area (Å²) in [6.07, 6.45) is 0. The molecule has 6 N–H and O–H groups in total. The summed E-state index contributed by atoms with van der Waals surface area (Å²) in [6, 6.07) is 19.7. The average molecular weight is 589 g/mol. The van der Waals surface area contributed by atoms with Gasteiger partial charge in [-0.15, -0.1) is 0 Å². The Morgan fingerprint density at radius 3 is 1.05 bits per heavy atom. The molecule has 12 nitrogen and oxygen atoms in total. The fourth-order valence-corrected chi connectivity index (χ4v) is 4.44. The van der Waals surface area contributed by atoms with Gasteiger partial charge in [0.1, 0.15) is 23.0 Å². The van der Waals surface area contributed by atoms with Gasteiger partial charge < -0.3 is 40.1 Å². The molecule has 0 unspecified atom stereocenters. The van der Waals surface area contributed by atoms with Crippen LogP contribution in [0, 0.1) is 0 Å². The number of aromatic carboxylic acids is 4. The molecule has 0 bridgehead atoms. The van der Waals surface area contributed by atoms with Crippen LogP contribution in [-0.4, -0.2) is 67.7 Å². The molecular weight excluding hydrogens is 564 g/mol. The summed E-state index contributed by atoms with van der Waals surface area (Å²) in [5.41, 5.74) is -1.87. The lowest BCUT2D eigenvalue weighted by atomic mass is 9.76. The van der Waals surface area contributed by atoms with Gasteiger partial charge in [-0.3, -0.25) is 0 Å². The Hall–Kier alpha value is -5.72. The topological polar surface area (TPSA) is 208 Å². The van der Waals surface area contributed by atoms with E-state index in [9.17, 15) is 49.8 Å². The molecule has 0 saturated heterocycles. The quantitative estimate of drug-likeness (QED) is 0.137. The van der Waals surface area contributed by atoms with E-state index in [0.717, 1.165) is 24.3 Å². The second-order valence-electron chi connectivity index (χ2n) is 9.29. The van der Waals surface area contributed by atoms with E-state index >= 15 is 0 Å². The van der Waals surface area contributed by atoms with Crippen molar-refractivity contribution in [2.24, 2.45) is 0 Å². The van der Waals surface area contributed by atoms with Gasteiger partial charge in [-0.1, -0.05) is 24.3 Å². The van der Waals surface area contributed by atoms with Crippen LogP contribution in [0.25, 0.3) is 0 Å². The molecular formula is C31H24O12. The normalized spacial score (nSPS) is 11.0. The summed E-state index contributed by atoms with van der Waals surface area (Å²) >= 11 is 0. The minimum atomic E-state index is -1.42. The van der Waals surface area contributed by atoms with E-state index in [1.165, 1.54) is 12.1 Å². The van der Waals surface area contributed by atoms with E-state index in [2.05, 4.69) is 0 Å². The predicted octanol–water partition coefficient (Wildman–Crippen LogP) is 4.33. The third-order valence-corrected chi connectivity index (χ3v) is 6.73. The van der Waals surface area contributed by atoms with Crippen molar-refractivity contribution in [2.75, 3.05) is 13.2 Å². The Kier molecular flexibility index (Phi) is 8.74. The molecule has 0 saturated carbocycles. The van der Waals surface area contributed by atoms with Crippen LogP contribution in [0.3, 0.4) is 0 Å². The molecule has 0 amide bonds. The van der Waals surface area contributed by atoms with Gasteiger partial charge in [0, 0.05) is 0 Å². The highest BCUT2D eigenvalue weighted by Gasteiger charge is 2.33. The molecule has 0 aliphatic heterocycles. The van der Waals surface area contributed by atoms with E-state index in [1.54, 1.807) is 48.5 Å². The molecule has 0 aliphatic carbocycles. The maximum Gasteiger partial charge on any atom is 0.336 e. The summed E-state index contributed by atoms with van der Waals surface area (Å²) in [5, 5.41) is 57.8. The number of carbonyl (C=O) groups is 4. The highest BCUT2D eigenvalue weighted by atomic mass is 16.5. The van der Waals surface area contributed by atoms with Gasteiger partial charge in [0.2, 0.25) is 0 Å². The van der Waals surface area contributed by atoms with Gasteiger partial charge >= 0.3 is 23.9 Å². The standard InChI is InChI=1S/C31H24O12/c32-15-31(16-33,17-1-5-19(6-2-17)42-21-9-11-23(27(34)35)25(13-21)29(38)39)18-3-7-20(8-4-18)43-22-10-12-24(28(36)37)26(14-22)30(40)41/h1-14,32-33H,15-16H2,(H,34,35)(H,36,37)(H,38,39)(H,40,41). The molecule has 220 valence electrons. The third kappa shape index (κ3) is 6.30.